The van der Waals surface area contributed by atoms with Crippen LogP contribution in [0.1, 0.15) is 11.1 Å². The third-order valence-corrected chi connectivity index (χ3v) is 5.02. The van der Waals surface area contributed by atoms with Gasteiger partial charge in [-0.3, -0.25) is 0 Å². The maximum atomic E-state index is 12.9. The molecule has 0 unspecified atom stereocenters. The van der Waals surface area contributed by atoms with Gasteiger partial charge in [0.25, 0.3) is 0 Å². The summed E-state index contributed by atoms with van der Waals surface area (Å²) in [6, 6.07) is 11.5. The van der Waals surface area contributed by atoms with Gasteiger partial charge in [0.2, 0.25) is 12.2 Å². The minimum atomic E-state index is -1.49. The van der Waals surface area contributed by atoms with E-state index < -0.39 is 22.7 Å². The number of hydrogen-bond acceptors (Lipinski definition) is 7. The van der Waals surface area contributed by atoms with E-state index in [1.165, 1.54) is 24.3 Å². The molecule has 0 atom stereocenters. The highest BCUT2D eigenvalue weighted by molar-refractivity contribution is 5.81. The number of aromatic nitrogens is 3. The fraction of sp³-hybridized carbons (Fsp3) is 0.0556. The van der Waals surface area contributed by atoms with Gasteiger partial charge < -0.3 is 0 Å². The summed E-state index contributed by atoms with van der Waals surface area (Å²) < 4.78 is 2.69. The van der Waals surface area contributed by atoms with Crippen LogP contribution in [0.25, 0.3) is 5.69 Å². The summed E-state index contributed by atoms with van der Waals surface area (Å²) in [7, 11) is 0. The predicted octanol–water partition coefficient (Wildman–Crippen LogP) is 0.0200. The van der Waals surface area contributed by atoms with E-state index in [1.807, 2.05) is 0 Å². The van der Waals surface area contributed by atoms with E-state index in [0.717, 1.165) is 13.7 Å². The van der Waals surface area contributed by atoms with Crippen LogP contribution < -0.4 is 17.1 Å². The fourth-order valence-electron chi connectivity index (χ4n) is 4.04. The zero-order valence-corrected chi connectivity index (χ0v) is 13.8. The second-order valence-electron chi connectivity index (χ2n) is 6.13. The third-order valence-electron chi connectivity index (χ3n) is 5.02. The quantitative estimate of drug-likeness (QED) is 0.326. The summed E-state index contributed by atoms with van der Waals surface area (Å²) in [5.41, 5.74) is -3.35. The van der Waals surface area contributed by atoms with Crippen molar-refractivity contribution < 1.29 is 9.59 Å². The lowest BCUT2D eigenvalue weighted by molar-refractivity contribution is 0.181. The molecule has 10 nitrogen and oxygen atoms in total. The molecule has 0 spiro atoms. The largest absolute Gasteiger partial charge is 0.343 e. The van der Waals surface area contributed by atoms with E-state index in [4.69, 9.17) is 0 Å². The van der Waals surface area contributed by atoms with Crippen LogP contribution in [0.5, 0.6) is 0 Å². The zero-order valence-electron chi connectivity index (χ0n) is 13.8. The van der Waals surface area contributed by atoms with Crippen LogP contribution in [0.15, 0.2) is 66.8 Å². The van der Waals surface area contributed by atoms with Crippen molar-refractivity contribution in [2.45, 2.75) is 5.66 Å². The number of isocyanates is 2. The molecule has 134 valence electrons. The Kier molecular flexibility index (Phi) is 2.87. The molecule has 2 aromatic carbocycles. The van der Waals surface area contributed by atoms with Gasteiger partial charge >= 0.3 is 17.1 Å². The van der Waals surface area contributed by atoms with Crippen molar-refractivity contribution in [3.63, 3.8) is 0 Å². The number of rotatable bonds is 3. The van der Waals surface area contributed by atoms with Gasteiger partial charge in [-0.2, -0.15) is 9.98 Å². The van der Waals surface area contributed by atoms with Crippen molar-refractivity contribution in [1.29, 1.82) is 0 Å². The molecule has 0 N–H and O–H groups in total. The molecular formula is C18H7N5O5. The first-order chi connectivity index (χ1) is 13.6. The zero-order chi connectivity index (χ0) is 19.6. The molecule has 0 aliphatic carbocycles. The van der Waals surface area contributed by atoms with Crippen LogP contribution in [0.4, 0.5) is 11.4 Å². The molecule has 0 saturated carbocycles. The van der Waals surface area contributed by atoms with E-state index in [2.05, 4.69) is 9.98 Å². The van der Waals surface area contributed by atoms with Gasteiger partial charge in [-0.05, 0) is 12.1 Å². The monoisotopic (exact) mass is 373 g/mol. The molecule has 0 radical (unpaired) electrons. The number of nitrogens with zero attached hydrogens (tertiary/aromatic N) is 5. The van der Waals surface area contributed by atoms with Gasteiger partial charge in [0.05, 0.1) is 5.69 Å². The van der Waals surface area contributed by atoms with Crippen LogP contribution >= 0.6 is 0 Å². The molecule has 4 aliphatic rings. The smallest absolute Gasteiger partial charge is 0.247 e. The van der Waals surface area contributed by atoms with Crippen molar-refractivity contribution >= 4 is 23.5 Å². The predicted molar refractivity (Wildman–Crippen MR) is 94.1 cm³/mol. The van der Waals surface area contributed by atoms with Crippen LogP contribution in [0, 0.1) is 0 Å². The number of aliphatic imine (C=N–C) groups is 2. The summed E-state index contributed by atoms with van der Waals surface area (Å²) in [5, 5.41) is 0. The van der Waals surface area contributed by atoms with Gasteiger partial charge in [-0.15, -0.1) is 0 Å². The maximum absolute atomic E-state index is 12.9. The average Bonchev–Trinajstić information content (AvgIpc) is 2.69. The molecule has 7 rings (SSSR count). The van der Waals surface area contributed by atoms with Crippen molar-refractivity contribution in [3.05, 3.63) is 85.0 Å². The van der Waals surface area contributed by atoms with E-state index in [9.17, 15) is 24.0 Å². The molecule has 4 aliphatic heterocycles. The van der Waals surface area contributed by atoms with Crippen LogP contribution in [-0.4, -0.2) is 25.9 Å². The van der Waals surface area contributed by atoms with Crippen LogP contribution in [0.3, 0.4) is 0 Å². The summed E-state index contributed by atoms with van der Waals surface area (Å²) in [6.45, 7) is 0. The standard InChI is InChI=1S/C18H7N5O5/c24-8-19-12-7-6-11-14(13(12)20-9-25)21-15(26)22-17(28)23(16(21)27)18(11,22)10-4-2-1-3-5-10/h1-7H. The third kappa shape index (κ3) is 1.49. The lowest BCUT2D eigenvalue weighted by atomic mass is 9.84. The Morgan fingerprint density at radius 3 is 2.04 bits per heavy atom. The van der Waals surface area contributed by atoms with Crippen molar-refractivity contribution in [2.75, 3.05) is 0 Å². The Bertz CT molecular complexity index is 1440. The lowest BCUT2D eigenvalue weighted by Crippen LogP contribution is -2.79. The highest BCUT2D eigenvalue weighted by atomic mass is 16.2. The van der Waals surface area contributed by atoms with E-state index >= 15 is 0 Å². The Balaban J connectivity index is 2.06. The van der Waals surface area contributed by atoms with E-state index in [-0.39, 0.29) is 17.1 Å². The highest BCUT2D eigenvalue weighted by Gasteiger charge is 2.58. The molecule has 4 bridgehead atoms. The van der Waals surface area contributed by atoms with Crippen molar-refractivity contribution in [2.24, 2.45) is 9.98 Å². The Morgan fingerprint density at radius 1 is 0.786 bits per heavy atom. The molecular weight excluding hydrogens is 366 g/mol. The van der Waals surface area contributed by atoms with Crippen molar-refractivity contribution in [1.82, 2.24) is 13.7 Å². The molecule has 10 heteroatoms. The maximum Gasteiger partial charge on any atom is 0.343 e. The molecule has 1 aromatic heterocycles. The molecule has 5 heterocycles. The Morgan fingerprint density at radius 2 is 1.43 bits per heavy atom. The summed E-state index contributed by atoms with van der Waals surface area (Å²) in [6.07, 6.45) is 2.69. The second kappa shape index (κ2) is 5.08. The van der Waals surface area contributed by atoms with Crippen LogP contribution in [-0.2, 0) is 15.3 Å². The fourth-order valence-corrected chi connectivity index (χ4v) is 4.04. The number of hydrogen-bond donors (Lipinski definition) is 0. The normalized spacial score (nSPS) is 13.7. The first-order valence-electron chi connectivity index (χ1n) is 8.00. The van der Waals surface area contributed by atoms with E-state index in [1.54, 1.807) is 30.3 Å². The Hall–Kier alpha value is -4.39. The highest BCUT2D eigenvalue weighted by Crippen LogP contribution is 2.47. The molecule has 0 saturated heterocycles. The Labute approximate surface area is 154 Å². The summed E-state index contributed by atoms with van der Waals surface area (Å²) in [5.74, 6) is 0. The van der Waals surface area contributed by atoms with Gasteiger partial charge in [0.1, 0.15) is 11.4 Å². The summed E-state index contributed by atoms with van der Waals surface area (Å²) in [4.78, 5) is 67.1. The summed E-state index contributed by atoms with van der Waals surface area (Å²) >= 11 is 0. The molecule has 28 heavy (non-hydrogen) atoms. The topological polar surface area (TPSA) is 125 Å². The minimum Gasteiger partial charge on any atom is -0.247 e. The van der Waals surface area contributed by atoms with E-state index in [0.29, 0.717) is 11.1 Å². The second-order valence-corrected chi connectivity index (χ2v) is 6.13. The number of carbonyl (C=O) groups excluding carboxylic acids is 2. The van der Waals surface area contributed by atoms with Gasteiger partial charge in [-0.25, -0.2) is 37.7 Å². The van der Waals surface area contributed by atoms with Gasteiger partial charge in [-0.1, -0.05) is 30.3 Å². The SMILES string of the molecule is O=C=Nc1ccc2c(c1N=C=O)-n1c(=O)n3c(=O)n(c1=O)C23c1ccccc1. The van der Waals surface area contributed by atoms with Crippen molar-refractivity contribution in [3.8, 4) is 5.69 Å². The first-order valence-corrected chi connectivity index (χ1v) is 8.00. The first kappa shape index (κ1) is 15.8. The minimum absolute atomic E-state index is 0.0151. The molecule has 3 aromatic rings. The number of benzene rings is 2. The van der Waals surface area contributed by atoms with Gasteiger partial charge in [0.15, 0.2) is 5.66 Å². The molecule has 0 fully saturated rings. The van der Waals surface area contributed by atoms with Crippen LogP contribution in [0.2, 0.25) is 0 Å². The van der Waals surface area contributed by atoms with Gasteiger partial charge in [0, 0.05) is 11.1 Å². The average molecular weight is 373 g/mol. The molecule has 0 amide bonds. The lowest BCUT2D eigenvalue weighted by Gasteiger charge is -2.48.